The Kier molecular flexibility index (Phi) is 5.95. The summed E-state index contributed by atoms with van der Waals surface area (Å²) in [7, 11) is 1.57. The molecule has 6 heteroatoms. The van der Waals surface area contributed by atoms with Crippen molar-refractivity contribution in [3.8, 4) is 23.0 Å². The quantitative estimate of drug-likeness (QED) is 0.701. The topological polar surface area (TPSA) is 76.2 Å². The van der Waals surface area contributed by atoms with Crippen molar-refractivity contribution in [1.29, 1.82) is 0 Å². The van der Waals surface area contributed by atoms with Crippen LogP contribution in [0.2, 0.25) is 0 Å². The second kappa shape index (κ2) is 8.79. The first-order chi connectivity index (χ1) is 14.6. The van der Waals surface area contributed by atoms with Gasteiger partial charge in [0, 0.05) is 11.6 Å². The van der Waals surface area contributed by atoms with Gasteiger partial charge in [0.05, 0.1) is 25.6 Å². The molecule has 2 heterocycles. The van der Waals surface area contributed by atoms with Gasteiger partial charge >= 0.3 is 0 Å². The summed E-state index contributed by atoms with van der Waals surface area (Å²) in [5, 5.41) is 13.0. The van der Waals surface area contributed by atoms with E-state index in [-0.39, 0.29) is 16.9 Å². The molecule has 1 saturated heterocycles. The molecule has 0 bridgehead atoms. The largest absolute Gasteiger partial charge is 0.872 e. The Labute approximate surface area is 175 Å². The normalized spacial score (nSPS) is 15.1. The molecule has 3 aromatic rings. The van der Waals surface area contributed by atoms with Crippen LogP contribution in [0.4, 0.5) is 0 Å². The number of ether oxygens (including phenoxy) is 2. The maximum atomic E-state index is 13.2. The van der Waals surface area contributed by atoms with Crippen molar-refractivity contribution < 1.29 is 23.9 Å². The summed E-state index contributed by atoms with van der Waals surface area (Å²) < 4.78 is 17.1. The SMILES string of the molecule is COc1cccc(Oc2c(C)oc3c(C[NH+]4CCCCCC4)c([O-])ccc3c2=O)c1. The third-order valence-corrected chi connectivity index (χ3v) is 5.74. The van der Waals surface area contributed by atoms with Gasteiger partial charge in [-0.1, -0.05) is 17.9 Å². The molecule has 1 fully saturated rings. The number of aryl methyl sites for hydroxylation is 1. The van der Waals surface area contributed by atoms with Gasteiger partial charge in [0.15, 0.2) is 0 Å². The zero-order valence-corrected chi connectivity index (χ0v) is 17.5. The fraction of sp³-hybridized carbons (Fsp3) is 0.375. The maximum absolute atomic E-state index is 13.2. The molecule has 0 saturated carbocycles. The molecule has 158 valence electrons. The fourth-order valence-corrected chi connectivity index (χ4v) is 4.11. The van der Waals surface area contributed by atoms with Gasteiger partial charge in [0.1, 0.15) is 29.4 Å². The molecule has 0 unspecified atom stereocenters. The molecule has 2 aromatic carbocycles. The van der Waals surface area contributed by atoms with E-state index in [9.17, 15) is 9.90 Å². The van der Waals surface area contributed by atoms with E-state index in [2.05, 4.69) is 0 Å². The molecule has 1 aliphatic heterocycles. The summed E-state index contributed by atoms with van der Waals surface area (Å²) in [6.07, 6.45) is 4.80. The van der Waals surface area contributed by atoms with Crippen molar-refractivity contribution in [2.45, 2.75) is 39.2 Å². The predicted octanol–water partition coefficient (Wildman–Crippen LogP) is 2.93. The van der Waals surface area contributed by atoms with E-state index in [1.54, 1.807) is 44.4 Å². The molecule has 4 rings (SSSR count). The van der Waals surface area contributed by atoms with Crippen molar-refractivity contribution in [3.05, 3.63) is 57.9 Å². The van der Waals surface area contributed by atoms with Crippen molar-refractivity contribution in [3.63, 3.8) is 0 Å². The van der Waals surface area contributed by atoms with Crippen LogP contribution in [0.25, 0.3) is 11.0 Å². The van der Waals surface area contributed by atoms with E-state index in [4.69, 9.17) is 13.9 Å². The zero-order valence-electron chi connectivity index (χ0n) is 17.5. The lowest BCUT2D eigenvalue weighted by molar-refractivity contribution is -0.913. The first-order valence-electron chi connectivity index (χ1n) is 10.5. The molecule has 0 atom stereocenters. The third-order valence-electron chi connectivity index (χ3n) is 5.74. The number of likely N-dealkylation sites (tertiary alicyclic amines) is 1. The summed E-state index contributed by atoms with van der Waals surface area (Å²) in [4.78, 5) is 14.6. The van der Waals surface area contributed by atoms with Crippen LogP contribution in [-0.2, 0) is 6.54 Å². The molecule has 0 spiro atoms. The minimum absolute atomic E-state index is 0.0803. The highest BCUT2D eigenvalue weighted by Gasteiger charge is 2.20. The minimum Gasteiger partial charge on any atom is -0.872 e. The van der Waals surface area contributed by atoms with Crippen LogP contribution in [0.15, 0.2) is 45.6 Å². The van der Waals surface area contributed by atoms with Gasteiger partial charge in [-0.05, 0) is 50.8 Å². The fourth-order valence-electron chi connectivity index (χ4n) is 4.11. The average molecular weight is 409 g/mol. The smallest absolute Gasteiger partial charge is 0.235 e. The Morgan fingerprint density at radius 1 is 1.07 bits per heavy atom. The van der Waals surface area contributed by atoms with Gasteiger partial charge in [-0.25, -0.2) is 0 Å². The van der Waals surface area contributed by atoms with Gasteiger partial charge in [-0.3, -0.25) is 4.79 Å². The highest BCUT2D eigenvalue weighted by molar-refractivity contribution is 5.83. The van der Waals surface area contributed by atoms with Gasteiger partial charge in [0.25, 0.3) is 0 Å². The number of quaternary nitrogens is 1. The van der Waals surface area contributed by atoms with Crippen LogP contribution < -0.4 is 24.9 Å². The molecular weight excluding hydrogens is 382 g/mol. The first-order valence-corrected chi connectivity index (χ1v) is 10.5. The van der Waals surface area contributed by atoms with Crippen molar-refractivity contribution in [1.82, 2.24) is 0 Å². The van der Waals surface area contributed by atoms with Crippen LogP contribution >= 0.6 is 0 Å². The van der Waals surface area contributed by atoms with Gasteiger partial charge in [0.2, 0.25) is 11.2 Å². The summed E-state index contributed by atoms with van der Waals surface area (Å²) >= 11 is 0. The molecular formula is C24H27NO5. The Morgan fingerprint density at radius 2 is 1.80 bits per heavy atom. The monoisotopic (exact) mass is 409 g/mol. The number of nitrogens with one attached hydrogen (secondary N) is 1. The number of benzene rings is 2. The zero-order chi connectivity index (χ0) is 21.1. The van der Waals surface area contributed by atoms with E-state index in [0.29, 0.717) is 40.3 Å². The van der Waals surface area contributed by atoms with Crippen molar-refractivity contribution in [2.24, 2.45) is 0 Å². The molecule has 1 aliphatic rings. The predicted molar refractivity (Wildman–Crippen MR) is 113 cm³/mol. The highest BCUT2D eigenvalue weighted by Crippen LogP contribution is 2.30. The molecule has 0 amide bonds. The minimum atomic E-state index is -0.274. The second-order valence-corrected chi connectivity index (χ2v) is 7.86. The number of hydrogen-bond acceptors (Lipinski definition) is 5. The van der Waals surface area contributed by atoms with Crippen molar-refractivity contribution >= 4 is 11.0 Å². The summed E-state index contributed by atoms with van der Waals surface area (Å²) in [5.41, 5.74) is 0.695. The number of hydrogen-bond donors (Lipinski definition) is 1. The molecule has 0 radical (unpaired) electrons. The van der Waals surface area contributed by atoms with Crippen LogP contribution in [0, 0.1) is 6.92 Å². The van der Waals surface area contributed by atoms with Crippen LogP contribution in [0.5, 0.6) is 23.0 Å². The maximum Gasteiger partial charge on any atom is 0.235 e. The van der Waals surface area contributed by atoms with E-state index >= 15 is 0 Å². The summed E-state index contributed by atoms with van der Waals surface area (Å²) in [6.45, 7) is 4.34. The molecule has 0 aliphatic carbocycles. The van der Waals surface area contributed by atoms with Crippen LogP contribution in [0.1, 0.15) is 37.0 Å². The van der Waals surface area contributed by atoms with Gasteiger partial charge in [-0.2, -0.15) is 0 Å². The second-order valence-electron chi connectivity index (χ2n) is 7.86. The summed E-state index contributed by atoms with van der Waals surface area (Å²) in [5.74, 6) is 1.52. The Bertz CT molecular complexity index is 1100. The van der Waals surface area contributed by atoms with Gasteiger partial charge in [-0.15, -0.1) is 0 Å². The van der Waals surface area contributed by atoms with Gasteiger partial charge < -0.3 is 23.9 Å². The van der Waals surface area contributed by atoms with Crippen LogP contribution in [-0.4, -0.2) is 20.2 Å². The molecule has 6 nitrogen and oxygen atoms in total. The van der Waals surface area contributed by atoms with E-state index in [1.165, 1.54) is 23.8 Å². The molecule has 1 aromatic heterocycles. The number of fused-ring (bicyclic) bond motifs is 1. The average Bonchev–Trinajstić information content (AvgIpc) is 3.02. The lowest BCUT2D eigenvalue weighted by Crippen LogP contribution is -3.10. The summed E-state index contributed by atoms with van der Waals surface area (Å²) in [6, 6.07) is 10.1. The Balaban J connectivity index is 1.73. The lowest BCUT2D eigenvalue weighted by Gasteiger charge is -2.22. The molecule has 1 N–H and O–H groups in total. The van der Waals surface area contributed by atoms with E-state index in [1.807, 2.05) is 0 Å². The molecule has 30 heavy (non-hydrogen) atoms. The first kappa shape index (κ1) is 20.3. The number of rotatable bonds is 5. The Morgan fingerprint density at radius 3 is 2.53 bits per heavy atom. The third kappa shape index (κ3) is 4.14. The Hall–Kier alpha value is -2.99. The lowest BCUT2D eigenvalue weighted by atomic mass is 10.1. The highest BCUT2D eigenvalue weighted by atomic mass is 16.5. The number of methoxy groups -OCH3 is 1. The van der Waals surface area contributed by atoms with E-state index in [0.717, 1.165) is 25.9 Å². The standard InChI is InChI=1S/C24H27NO5/c1-16-23(30-18-9-7-8-17(14-18)28-2)22(27)19-10-11-21(26)20(24(19)29-16)15-25-12-5-3-4-6-13-25/h7-11,14,26H,3-6,12-13,15H2,1-2H3. The van der Waals surface area contributed by atoms with Crippen LogP contribution in [0.3, 0.4) is 0 Å². The van der Waals surface area contributed by atoms with E-state index < -0.39 is 0 Å². The van der Waals surface area contributed by atoms with Crippen molar-refractivity contribution in [2.75, 3.05) is 20.2 Å².